The van der Waals surface area contributed by atoms with Crippen molar-refractivity contribution >= 4 is 21.5 Å². The van der Waals surface area contributed by atoms with Gasteiger partial charge in [0, 0.05) is 22.3 Å². The fourth-order valence-electron chi connectivity index (χ4n) is 4.44. The summed E-state index contributed by atoms with van der Waals surface area (Å²) >= 11 is 0. The molecule has 5 aromatic carbocycles. The summed E-state index contributed by atoms with van der Waals surface area (Å²) in [4.78, 5) is 0. The fourth-order valence-corrected chi connectivity index (χ4v) is 4.44. The van der Waals surface area contributed by atoms with Gasteiger partial charge in [0.25, 0.3) is 0 Å². The van der Waals surface area contributed by atoms with Crippen LogP contribution in [0.4, 0.5) is 0 Å². The highest BCUT2D eigenvalue weighted by Crippen LogP contribution is 2.25. The van der Waals surface area contributed by atoms with Crippen molar-refractivity contribution in [1.29, 1.82) is 0 Å². The van der Waals surface area contributed by atoms with Crippen molar-refractivity contribution in [2.45, 2.75) is 59.8 Å². The predicted octanol–water partition coefficient (Wildman–Crippen LogP) is 10.1. The van der Waals surface area contributed by atoms with E-state index in [9.17, 15) is 0 Å². The molecule has 0 saturated carbocycles. The van der Waals surface area contributed by atoms with Gasteiger partial charge in [0.05, 0.1) is 0 Å². The van der Waals surface area contributed by atoms with E-state index in [0.717, 1.165) is 35.1 Å². The molecule has 0 aliphatic heterocycles. The molecule has 0 radical (unpaired) electrons. The Morgan fingerprint density at radius 1 is 0.385 bits per heavy atom. The molecule has 0 atom stereocenters. The minimum Gasteiger partial charge on any atom is -0.0654 e. The maximum Gasteiger partial charge on any atom is 0.0255 e. The molecule has 0 N–H and O–H groups in total. The summed E-state index contributed by atoms with van der Waals surface area (Å²) in [7, 11) is 0. The molecule has 5 rings (SSSR count). The number of hydrogen-bond donors (Lipinski definition) is 0. The number of unbranched alkanes of at least 4 members (excludes halogenated alkanes) is 2. The fraction of sp³-hybridized carbons (Fsp3) is 0.231. The van der Waals surface area contributed by atoms with Gasteiger partial charge >= 0.3 is 0 Å². The van der Waals surface area contributed by atoms with Crippen LogP contribution in [0, 0.1) is 23.7 Å². The van der Waals surface area contributed by atoms with Crippen LogP contribution in [0.1, 0.15) is 80.3 Å². The van der Waals surface area contributed by atoms with Crippen molar-refractivity contribution in [2.24, 2.45) is 0 Å². The first-order valence-corrected chi connectivity index (χ1v) is 14.3. The van der Waals surface area contributed by atoms with Gasteiger partial charge in [-0.05, 0) is 106 Å². The molecule has 0 amide bonds. The zero-order chi connectivity index (χ0) is 27.5. The van der Waals surface area contributed by atoms with Crippen LogP contribution in [0.3, 0.4) is 0 Å². The molecule has 0 heteroatoms. The Labute approximate surface area is 235 Å². The molecule has 0 nitrogen and oxygen atoms in total. The second kappa shape index (κ2) is 14.0. The van der Waals surface area contributed by atoms with Gasteiger partial charge < -0.3 is 0 Å². The summed E-state index contributed by atoms with van der Waals surface area (Å²) in [6.07, 6.45) is 6.17. The Kier molecular flexibility index (Phi) is 10.0. The second-order valence-corrected chi connectivity index (χ2v) is 9.93. The van der Waals surface area contributed by atoms with Crippen LogP contribution in [0.15, 0.2) is 97.1 Å². The number of benzene rings is 5. The number of rotatable bonds is 4. The SMILES string of the molecule is CCCCC.CCc1ccc(C#Cc2ccc3cc4cc(C#Cc5ccc(CC)cc5)ccc4cc3c2)cc1. The van der Waals surface area contributed by atoms with Crippen molar-refractivity contribution in [3.05, 3.63) is 130 Å². The van der Waals surface area contributed by atoms with E-state index in [1.807, 2.05) is 0 Å². The van der Waals surface area contributed by atoms with E-state index in [-0.39, 0.29) is 0 Å². The van der Waals surface area contributed by atoms with E-state index in [0.29, 0.717) is 0 Å². The molecule has 0 aromatic heterocycles. The Balaban J connectivity index is 0.000000648. The molecule has 0 unspecified atom stereocenters. The van der Waals surface area contributed by atoms with Crippen molar-refractivity contribution in [2.75, 3.05) is 0 Å². The number of fused-ring (bicyclic) bond motifs is 2. The van der Waals surface area contributed by atoms with Crippen molar-refractivity contribution in [3.63, 3.8) is 0 Å². The van der Waals surface area contributed by atoms with Gasteiger partial charge in [0.1, 0.15) is 0 Å². The third-order valence-corrected chi connectivity index (χ3v) is 6.93. The minimum absolute atomic E-state index is 1.03. The average molecular weight is 507 g/mol. The van der Waals surface area contributed by atoms with Crippen LogP contribution < -0.4 is 0 Å². The van der Waals surface area contributed by atoms with E-state index in [2.05, 4.69) is 148 Å². The number of aryl methyl sites for hydroxylation is 2. The quantitative estimate of drug-likeness (QED) is 0.168. The topological polar surface area (TPSA) is 0 Å². The average Bonchev–Trinajstić information content (AvgIpc) is 2.99. The number of hydrogen-bond acceptors (Lipinski definition) is 0. The molecule has 0 aliphatic carbocycles. The minimum atomic E-state index is 1.03. The Morgan fingerprint density at radius 2 is 0.744 bits per heavy atom. The molecule has 0 fully saturated rings. The van der Waals surface area contributed by atoms with Gasteiger partial charge in [-0.1, -0.05) is 107 Å². The summed E-state index contributed by atoms with van der Waals surface area (Å²) in [6, 6.07) is 34.4. The van der Waals surface area contributed by atoms with Crippen LogP contribution in [0.5, 0.6) is 0 Å². The first kappa shape index (κ1) is 27.8. The lowest BCUT2D eigenvalue weighted by atomic mass is 10.00. The lowest BCUT2D eigenvalue weighted by Gasteiger charge is -2.04. The maximum absolute atomic E-state index is 3.32. The largest absolute Gasteiger partial charge is 0.0654 e. The van der Waals surface area contributed by atoms with Crippen LogP contribution in [-0.2, 0) is 12.8 Å². The molecule has 0 saturated heterocycles. The highest BCUT2D eigenvalue weighted by atomic mass is 14.0. The van der Waals surface area contributed by atoms with Gasteiger partial charge in [-0.3, -0.25) is 0 Å². The highest BCUT2D eigenvalue weighted by Gasteiger charge is 2.01. The Morgan fingerprint density at radius 3 is 1.08 bits per heavy atom. The summed E-state index contributed by atoms with van der Waals surface area (Å²) in [5, 5.41) is 4.84. The monoisotopic (exact) mass is 506 g/mol. The summed E-state index contributed by atoms with van der Waals surface area (Å²) < 4.78 is 0. The van der Waals surface area contributed by atoms with Gasteiger partial charge in [-0.25, -0.2) is 0 Å². The second-order valence-electron chi connectivity index (χ2n) is 9.93. The van der Waals surface area contributed by atoms with Crippen molar-refractivity contribution in [1.82, 2.24) is 0 Å². The van der Waals surface area contributed by atoms with Crippen molar-refractivity contribution < 1.29 is 0 Å². The highest BCUT2D eigenvalue weighted by molar-refractivity contribution is 5.99. The summed E-state index contributed by atoms with van der Waals surface area (Å²) in [6.45, 7) is 8.76. The first-order chi connectivity index (χ1) is 19.1. The van der Waals surface area contributed by atoms with Gasteiger partial charge in [0.15, 0.2) is 0 Å². The zero-order valence-electron chi connectivity index (χ0n) is 23.8. The predicted molar refractivity (Wildman–Crippen MR) is 170 cm³/mol. The van der Waals surface area contributed by atoms with Crippen molar-refractivity contribution in [3.8, 4) is 23.7 Å². The van der Waals surface area contributed by atoms with E-state index in [1.54, 1.807) is 0 Å². The molecule has 194 valence electrons. The summed E-state index contributed by atoms with van der Waals surface area (Å²) in [5.74, 6) is 13.2. The molecule has 39 heavy (non-hydrogen) atoms. The van der Waals surface area contributed by atoms with Gasteiger partial charge in [-0.15, -0.1) is 0 Å². The normalized spacial score (nSPS) is 10.2. The van der Waals surface area contributed by atoms with Crippen LogP contribution in [0.25, 0.3) is 21.5 Å². The Hall–Kier alpha value is -4.26. The van der Waals surface area contributed by atoms with Crippen LogP contribution in [-0.4, -0.2) is 0 Å². The standard InChI is InChI=1S/C34H26.C5H12/c1-3-25-5-9-27(10-6-25)13-15-29-17-19-31-24-34-22-30(18-20-32(34)23-33(31)21-29)16-14-28-11-7-26(4-2)8-12-28;1-3-5-4-2/h5-12,17-24H,3-4H2,1-2H3;3-5H2,1-2H3. The molecule has 0 heterocycles. The third kappa shape index (κ3) is 7.87. The zero-order valence-corrected chi connectivity index (χ0v) is 23.8. The summed E-state index contributed by atoms with van der Waals surface area (Å²) in [5.41, 5.74) is 6.83. The smallest absolute Gasteiger partial charge is 0.0255 e. The van der Waals surface area contributed by atoms with Crippen LogP contribution >= 0.6 is 0 Å². The molecule has 0 spiro atoms. The third-order valence-electron chi connectivity index (χ3n) is 6.93. The van der Waals surface area contributed by atoms with Gasteiger partial charge in [-0.2, -0.15) is 0 Å². The maximum atomic E-state index is 3.32. The Bertz CT molecular complexity index is 1520. The molecule has 5 aromatic rings. The van der Waals surface area contributed by atoms with Gasteiger partial charge in [0.2, 0.25) is 0 Å². The first-order valence-electron chi connectivity index (χ1n) is 14.3. The lowest BCUT2D eigenvalue weighted by molar-refractivity contribution is 0.772. The van der Waals surface area contributed by atoms with E-state index >= 15 is 0 Å². The lowest BCUT2D eigenvalue weighted by Crippen LogP contribution is -1.83. The van der Waals surface area contributed by atoms with Crippen LogP contribution in [0.2, 0.25) is 0 Å². The molecular weight excluding hydrogens is 468 g/mol. The molecule has 0 bridgehead atoms. The van der Waals surface area contributed by atoms with E-state index in [1.165, 1.54) is 51.9 Å². The van der Waals surface area contributed by atoms with E-state index < -0.39 is 0 Å². The van der Waals surface area contributed by atoms with E-state index in [4.69, 9.17) is 0 Å². The molecule has 0 aliphatic rings. The molecular formula is C39H38.